The van der Waals surface area contributed by atoms with Crippen LogP contribution in [0.15, 0.2) is 24.3 Å². The monoisotopic (exact) mass is 302 g/mol. The molecule has 21 heavy (non-hydrogen) atoms. The van der Waals surface area contributed by atoms with E-state index < -0.39 is 0 Å². The molecule has 2 nitrogen and oxygen atoms in total. The second-order valence-electron chi connectivity index (χ2n) is 6.98. The largest absolute Gasteiger partial charge is 0.310 e. The molecule has 0 atom stereocenters. The molecule has 1 aliphatic carbocycles. The van der Waals surface area contributed by atoms with E-state index in [2.05, 4.69) is 43.4 Å². The molecule has 1 fully saturated rings. The van der Waals surface area contributed by atoms with Gasteiger partial charge in [-0.15, -0.1) is 11.3 Å². The lowest BCUT2D eigenvalue weighted by molar-refractivity contribution is 0.223. The summed E-state index contributed by atoms with van der Waals surface area (Å²) in [6.07, 6.45) is 6.99. The van der Waals surface area contributed by atoms with Crippen molar-refractivity contribution in [2.24, 2.45) is 11.3 Å². The second-order valence-corrected chi connectivity index (χ2v) is 8.10. The molecule has 0 unspecified atom stereocenters. The molecule has 3 heteroatoms. The van der Waals surface area contributed by atoms with E-state index in [4.69, 9.17) is 4.98 Å². The van der Waals surface area contributed by atoms with Crippen LogP contribution in [0.4, 0.5) is 0 Å². The lowest BCUT2D eigenvalue weighted by Crippen LogP contribution is -2.33. The van der Waals surface area contributed by atoms with Crippen LogP contribution in [-0.2, 0) is 6.54 Å². The highest BCUT2D eigenvalue weighted by molar-refractivity contribution is 7.18. The van der Waals surface area contributed by atoms with Crippen LogP contribution < -0.4 is 5.32 Å². The van der Waals surface area contributed by atoms with Crippen LogP contribution in [-0.4, -0.2) is 11.5 Å². The van der Waals surface area contributed by atoms with E-state index in [1.807, 2.05) is 11.3 Å². The average molecular weight is 302 g/mol. The summed E-state index contributed by atoms with van der Waals surface area (Å²) < 4.78 is 1.30. The number of para-hydroxylation sites is 1. The first-order valence-corrected chi connectivity index (χ1v) is 9.04. The summed E-state index contributed by atoms with van der Waals surface area (Å²) in [6.45, 7) is 6.78. The molecular formula is C18H26N2S. The number of hydrogen-bond donors (Lipinski definition) is 1. The van der Waals surface area contributed by atoms with E-state index in [0.717, 1.165) is 24.5 Å². The van der Waals surface area contributed by atoms with Gasteiger partial charge in [-0.05, 0) is 42.7 Å². The van der Waals surface area contributed by atoms with Crippen LogP contribution in [0, 0.1) is 11.3 Å². The molecule has 2 aromatic rings. The zero-order valence-electron chi connectivity index (χ0n) is 13.2. The van der Waals surface area contributed by atoms with Crippen LogP contribution >= 0.6 is 11.3 Å². The van der Waals surface area contributed by atoms with Crippen molar-refractivity contribution in [3.8, 4) is 0 Å². The first-order valence-electron chi connectivity index (χ1n) is 8.22. The van der Waals surface area contributed by atoms with Crippen LogP contribution in [0.1, 0.15) is 51.0 Å². The zero-order valence-corrected chi connectivity index (χ0v) is 14.0. The van der Waals surface area contributed by atoms with Gasteiger partial charge in [-0.2, -0.15) is 0 Å². The Bertz CT molecular complexity index is 549. The van der Waals surface area contributed by atoms with Crippen LogP contribution in [0.25, 0.3) is 10.2 Å². The van der Waals surface area contributed by atoms with E-state index in [0.29, 0.717) is 5.41 Å². The summed E-state index contributed by atoms with van der Waals surface area (Å²) in [5.41, 5.74) is 1.68. The van der Waals surface area contributed by atoms with Gasteiger partial charge in [0.2, 0.25) is 0 Å². The fourth-order valence-electron chi connectivity index (χ4n) is 3.87. The van der Waals surface area contributed by atoms with Gasteiger partial charge < -0.3 is 5.32 Å². The Morgan fingerprint density at radius 2 is 2.00 bits per heavy atom. The van der Waals surface area contributed by atoms with Gasteiger partial charge in [0.15, 0.2) is 0 Å². The van der Waals surface area contributed by atoms with Crippen LogP contribution in [0.2, 0.25) is 0 Å². The Morgan fingerprint density at radius 1 is 1.24 bits per heavy atom. The smallest absolute Gasteiger partial charge is 0.108 e. The first kappa shape index (κ1) is 15.0. The quantitative estimate of drug-likeness (QED) is 0.813. The highest BCUT2D eigenvalue weighted by Gasteiger charge is 2.33. The number of rotatable bonds is 6. The molecule has 1 heterocycles. The molecule has 1 saturated carbocycles. The number of thiazole rings is 1. The van der Waals surface area contributed by atoms with Gasteiger partial charge in [0.1, 0.15) is 5.01 Å². The molecule has 0 radical (unpaired) electrons. The summed E-state index contributed by atoms with van der Waals surface area (Å²) in [7, 11) is 0. The van der Waals surface area contributed by atoms with Gasteiger partial charge in [-0.3, -0.25) is 0 Å². The summed E-state index contributed by atoms with van der Waals surface area (Å²) in [5, 5.41) is 4.92. The lowest BCUT2D eigenvalue weighted by Gasteiger charge is -2.31. The molecule has 0 aliphatic heterocycles. The molecule has 114 valence electrons. The maximum Gasteiger partial charge on any atom is 0.108 e. The van der Waals surface area contributed by atoms with Gasteiger partial charge in [-0.25, -0.2) is 4.98 Å². The Kier molecular flexibility index (Phi) is 4.60. The van der Waals surface area contributed by atoms with Gasteiger partial charge in [0.25, 0.3) is 0 Å². The predicted octanol–water partition coefficient (Wildman–Crippen LogP) is 4.99. The van der Waals surface area contributed by atoms with Crippen molar-refractivity contribution in [2.45, 2.75) is 52.5 Å². The number of benzene rings is 1. The van der Waals surface area contributed by atoms with Gasteiger partial charge >= 0.3 is 0 Å². The third kappa shape index (κ3) is 3.64. The highest BCUT2D eigenvalue weighted by Crippen LogP contribution is 2.42. The fraction of sp³-hybridized carbons (Fsp3) is 0.611. The summed E-state index contributed by atoms with van der Waals surface area (Å²) in [4.78, 5) is 4.72. The van der Waals surface area contributed by atoms with Crippen LogP contribution in [0.3, 0.4) is 0 Å². The Morgan fingerprint density at radius 3 is 2.71 bits per heavy atom. The van der Waals surface area contributed by atoms with Crippen molar-refractivity contribution in [2.75, 3.05) is 6.54 Å². The molecule has 1 aliphatic rings. The van der Waals surface area contributed by atoms with E-state index in [-0.39, 0.29) is 0 Å². The minimum Gasteiger partial charge on any atom is -0.310 e. The van der Waals surface area contributed by atoms with Gasteiger partial charge in [0.05, 0.1) is 10.2 Å². The summed E-state index contributed by atoms with van der Waals surface area (Å²) in [5.74, 6) is 0.798. The van der Waals surface area contributed by atoms with Crippen molar-refractivity contribution in [1.29, 1.82) is 0 Å². The molecule has 0 bridgehead atoms. The van der Waals surface area contributed by atoms with Gasteiger partial charge in [0, 0.05) is 13.1 Å². The van der Waals surface area contributed by atoms with Crippen molar-refractivity contribution >= 4 is 21.6 Å². The SMILES string of the molecule is CC(C)CC1(CNCc2nc3ccccc3s2)CCCC1. The van der Waals surface area contributed by atoms with E-state index in [1.165, 1.54) is 41.8 Å². The van der Waals surface area contributed by atoms with Crippen LogP contribution in [0.5, 0.6) is 0 Å². The number of nitrogens with one attached hydrogen (secondary N) is 1. The maximum absolute atomic E-state index is 4.72. The van der Waals surface area contributed by atoms with Crippen molar-refractivity contribution < 1.29 is 0 Å². The van der Waals surface area contributed by atoms with E-state index in [9.17, 15) is 0 Å². The van der Waals surface area contributed by atoms with E-state index in [1.54, 1.807) is 0 Å². The highest BCUT2D eigenvalue weighted by atomic mass is 32.1. The van der Waals surface area contributed by atoms with Crippen molar-refractivity contribution in [3.05, 3.63) is 29.3 Å². The van der Waals surface area contributed by atoms with Crippen molar-refractivity contribution in [3.63, 3.8) is 0 Å². The molecular weight excluding hydrogens is 276 g/mol. The van der Waals surface area contributed by atoms with Gasteiger partial charge in [-0.1, -0.05) is 38.8 Å². The molecule has 3 rings (SSSR count). The number of aromatic nitrogens is 1. The number of nitrogens with zero attached hydrogens (tertiary/aromatic N) is 1. The standard InChI is InChI=1S/C18H26N2S/c1-14(2)11-18(9-5-6-10-18)13-19-12-17-20-15-7-3-4-8-16(15)21-17/h3-4,7-8,14,19H,5-6,9-13H2,1-2H3. The summed E-state index contributed by atoms with van der Waals surface area (Å²) in [6, 6.07) is 8.42. The maximum atomic E-state index is 4.72. The molecule has 1 aromatic heterocycles. The van der Waals surface area contributed by atoms with Crippen molar-refractivity contribution in [1.82, 2.24) is 10.3 Å². The third-order valence-corrected chi connectivity index (χ3v) is 5.66. The predicted molar refractivity (Wildman–Crippen MR) is 91.7 cm³/mol. The first-order chi connectivity index (χ1) is 10.2. The molecule has 0 saturated heterocycles. The fourth-order valence-corrected chi connectivity index (χ4v) is 4.81. The normalized spacial score (nSPS) is 17.9. The number of hydrogen-bond acceptors (Lipinski definition) is 3. The minimum atomic E-state index is 0.546. The third-order valence-electron chi connectivity index (χ3n) is 4.62. The minimum absolute atomic E-state index is 0.546. The zero-order chi connectivity index (χ0) is 14.7. The molecule has 0 spiro atoms. The Labute approximate surface area is 132 Å². The summed E-state index contributed by atoms with van der Waals surface area (Å²) >= 11 is 1.82. The molecule has 1 aromatic carbocycles. The lowest BCUT2D eigenvalue weighted by atomic mass is 9.78. The molecule has 1 N–H and O–H groups in total. The Balaban J connectivity index is 1.59. The molecule has 0 amide bonds. The number of fused-ring (bicyclic) bond motifs is 1. The average Bonchev–Trinajstić information content (AvgIpc) is 3.04. The Hall–Kier alpha value is -0.930. The topological polar surface area (TPSA) is 24.9 Å². The second kappa shape index (κ2) is 6.45. The van der Waals surface area contributed by atoms with E-state index >= 15 is 0 Å².